The topological polar surface area (TPSA) is 98.1 Å². The van der Waals surface area contributed by atoms with E-state index in [1.54, 1.807) is 36.0 Å². The molecule has 1 N–H and O–H groups in total. The Balaban J connectivity index is 1.37. The van der Waals surface area contributed by atoms with E-state index in [-0.39, 0.29) is 35.9 Å². The zero-order chi connectivity index (χ0) is 31.5. The molecule has 0 radical (unpaired) electrons. The Morgan fingerprint density at radius 1 is 1.19 bits per heavy atom. The molecule has 4 heterocycles. The molecular formula is C29H30N6O2. The second kappa shape index (κ2) is 9.76. The fourth-order valence-corrected chi connectivity index (χ4v) is 5.00. The van der Waals surface area contributed by atoms with Gasteiger partial charge in [-0.25, -0.2) is 4.98 Å². The van der Waals surface area contributed by atoms with Crippen molar-refractivity contribution >= 4 is 22.6 Å². The smallest absolute Gasteiger partial charge is 0.306 e. The van der Waals surface area contributed by atoms with E-state index in [0.29, 0.717) is 48.1 Å². The average Bonchev–Trinajstić information content (AvgIpc) is 3.63. The molecule has 0 spiro atoms. The third kappa shape index (κ3) is 4.37. The molecule has 188 valence electrons. The number of aromatic nitrogens is 6. The minimum Gasteiger partial charge on any atom is -0.466 e. The molecule has 6 rings (SSSR count). The van der Waals surface area contributed by atoms with Crippen LogP contribution in [0.4, 0.5) is 0 Å². The Hall–Kier alpha value is -4.07. The van der Waals surface area contributed by atoms with Crippen molar-refractivity contribution in [2.45, 2.75) is 51.8 Å². The van der Waals surface area contributed by atoms with Crippen molar-refractivity contribution < 1.29 is 19.1 Å². The molecule has 1 atom stereocenters. The summed E-state index contributed by atoms with van der Waals surface area (Å²) in [6.07, 6.45) is 3.81. The van der Waals surface area contributed by atoms with Gasteiger partial charge in [0.05, 0.1) is 42.1 Å². The highest BCUT2D eigenvalue weighted by molar-refractivity contribution is 5.87. The Morgan fingerprint density at radius 2 is 2.00 bits per heavy atom. The van der Waals surface area contributed by atoms with Crippen molar-refractivity contribution in [3.8, 4) is 22.4 Å². The third-order valence-electron chi connectivity index (χ3n) is 6.82. The number of carbonyl (C=O) groups is 1. The van der Waals surface area contributed by atoms with Crippen molar-refractivity contribution in [3.63, 3.8) is 0 Å². The molecule has 1 aliphatic carbocycles. The van der Waals surface area contributed by atoms with E-state index >= 15 is 0 Å². The highest BCUT2D eigenvalue weighted by Crippen LogP contribution is 2.40. The number of aromatic amines is 1. The number of nitrogens with zero attached hydrogens (tertiary/aromatic N) is 5. The molecule has 1 unspecified atom stereocenters. The van der Waals surface area contributed by atoms with Gasteiger partial charge in [-0.2, -0.15) is 14.7 Å². The van der Waals surface area contributed by atoms with Crippen molar-refractivity contribution in [2.24, 2.45) is 5.89 Å². The maximum atomic E-state index is 12.2. The van der Waals surface area contributed by atoms with Crippen LogP contribution in [0.25, 0.3) is 39.1 Å². The lowest BCUT2D eigenvalue weighted by Crippen LogP contribution is -2.19. The molecule has 8 nitrogen and oxygen atoms in total. The summed E-state index contributed by atoms with van der Waals surface area (Å²) in [6, 6.07) is 1.42. The van der Waals surface area contributed by atoms with Crippen LogP contribution in [0.3, 0.4) is 0 Å². The maximum Gasteiger partial charge on any atom is 0.306 e. The van der Waals surface area contributed by atoms with Crippen LogP contribution in [-0.2, 0) is 9.53 Å². The van der Waals surface area contributed by atoms with E-state index < -0.39 is 36.4 Å². The molecular weight excluding hydrogens is 464 g/mol. The molecule has 4 aromatic heterocycles. The van der Waals surface area contributed by atoms with Crippen molar-refractivity contribution in [1.29, 1.82) is 0 Å². The molecule has 0 bridgehead atoms. The Labute approximate surface area is 224 Å². The standard InChI is InChI=1S/C29H30N6O2/c1-3-37-25(36)15-19-9-11-21(12-10-19)27-26-18(2)33-34-29(26)35-28(32-27)23(17-31-35)22-13-14-24(30-16-22)20-7-5-4-6-8-20/h4-8,13-14,16-17,19,21H,3,9-12,15H2,1-2H3,(H,33,34)/i4D,5D,6D,7D,8D,15D,19D. The van der Waals surface area contributed by atoms with Gasteiger partial charge in [-0.05, 0) is 51.5 Å². The van der Waals surface area contributed by atoms with E-state index in [1.807, 2.05) is 6.92 Å². The lowest BCUT2D eigenvalue weighted by molar-refractivity contribution is -0.144. The van der Waals surface area contributed by atoms with Gasteiger partial charge in [-0.3, -0.25) is 14.9 Å². The van der Waals surface area contributed by atoms with E-state index in [0.717, 1.165) is 16.8 Å². The van der Waals surface area contributed by atoms with Gasteiger partial charge in [0, 0.05) is 37.9 Å². The second-order valence-corrected chi connectivity index (χ2v) is 9.08. The van der Waals surface area contributed by atoms with Gasteiger partial charge in [-0.15, -0.1) is 0 Å². The van der Waals surface area contributed by atoms with E-state index in [1.165, 1.54) is 0 Å². The number of hydrogen-bond acceptors (Lipinski definition) is 6. The average molecular weight is 502 g/mol. The molecule has 37 heavy (non-hydrogen) atoms. The van der Waals surface area contributed by atoms with Crippen LogP contribution in [0.5, 0.6) is 0 Å². The monoisotopic (exact) mass is 501 g/mol. The van der Waals surface area contributed by atoms with Crippen LogP contribution in [0, 0.1) is 12.8 Å². The molecule has 0 amide bonds. The minimum atomic E-state index is -1.27. The van der Waals surface area contributed by atoms with Crippen LogP contribution in [0.2, 0.25) is 0 Å². The van der Waals surface area contributed by atoms with E-state index in [9.17, 15) is 4.79 Å². The minimum absolute atomic E-state index is 0.0260. The quantitative estimate of drug-likeness (QED) is 0.292. The molecule has 0 saturated heterocycles. The van der Waals surface area contributed by atoms with Gasteiger partial charge >= 0.3 is 5.97 Å². The van der Waals surface area contributed by atoms with Crippen molar-refractivity contribution in [3.05, 3.63) is 66.1 Å². The van der Waals surface area contributed by atoms with Crippen molar-refractivity contribution in [2.75, 3.05) is 6.61 Å². The predicted octanol–water partition coefficient (Wildman–Crippen LogP) is 5.87. The van der Waals surface area contributed by atoms with Gasteiger partial charge in [0.1, 0.15) is 0 Å². The van der Waals surface area contributed by atoms with E-state index in [2.05, 4.69) is 20.3 Å². The number of esters is 1. The normalized spacial score (nSPS) is 23.4. The third-order valence-corrected chi connectivity index (χ3v) is 6.82. The molecule has 5 aromatic rings. The first-order valence-corrected chi connectivity index (χ1v) is 12.3. The summed E-state index contributed by atoms with van der Waals surface area (Å²) in [5.74, 6) is -1.92. The Morgan fingerprint density at radius 3 is 2.73 bits per heavy atom. The van der Waals surface area contributed by atoms with E-state index in [4.69, 9.17) is 19.3 Å². The fourth-order valence-electron chi connectivity index (χ4n) is 5.00. The Bertz CT molecular complexity index is 1890. The predicted molar refractivity (Wildman–Crippen MR) is 142 cm³/mol. The van der Waals surface area contributed by atoms with Gasteiger partial charge in [0.25, 0.3) is 0 Å². The fraction of sp³-hybridized carbons (Fsp3) is 0.345. The largest absolute Gasteiger partial charge is 0.466 e. The second-order valence-electron chi connectivity index (χ2n) is 9.08. The number of rotatable bonds is 6. The summed E-state index contributed by atoms with van der Waals surface area (Å²) in [4.78, 5) is 21.8. The summed E-state index contributed by atoms with van der Waals surface area (Å²) >= 11 is 0. The van der Waals surface area contributed by atoms with Gasteiger partial charge in [-0.1, -0.05) is 36.3 Å². The van der Waals surface area contributed by atoms with Gasteiger partial charge in [0.2, 0.25) is 0 Å². The van der Waals surface area contributed by atoms with Gasteiger partial charge < -0.3 is 4.74 Å². The van der Waals surface area contributed by atoms with Crippen LogP contribution in [-0.4, -0.2) is 42.4 Å². The summed E-state index contributed by atoms with van der Waals surface area (Å²) in [7, 11) is 0. The number of nitrogens with one attached hydrogen (secondary N) is 1. The number of hydrogen-bond donors (Lipinski definition) is 1. The van der Waals surface area contributed by atoms with Crippen LogP contribution < -0.4 is 0 Å². The molecule has 0 aliphatic heterocycles. The summed E-state index contributed by atoms with van der Waals surface area (Å²) in [5.41, 5.74) is 4.43. The Kier molecular flexibility index (Phi) is 4.39. The number of benzene rings is 1. The zero-order valence-electron chi connectivity index (χ0n) is 27.6. The number of carbonyl (C=O) groups excluding carboxylic acids is 1. The molecule has 1 aliphatic rings. The number of fused-ring (bicyclic) bond motifs is 3. The molecule has 1 aromatic carbocycles. The maximum absolute atomic E-state index is 12.2. The first-order chi connectivity index (χ1) is 21.0. The summed E-state index contributed by atoms with van der Waals surface area (Å²) in [5, 5.41) is 12.9. The zero-order valence-corrected chi connectivity index (χ0v) is 20.6. The van der Waals surface area contributed by atoms with Crippen LogP contribution >= 0.6 is 0 Å². The number of ether oxygens (including phenoxy) is 1. The highest BCUT2D eigenvalue weighted by atomic mass is 16.5. The van der Waals surface area contributed by atoms with Gasteiger partial charge in [0.15, 0.2) is 11.3 Å². The number of aryl methyl sites for hydroxylation is 1. The first kappa shape index (κ1) is 16.6. The molecule has 8 heteroatoms. The van der Waals surface area contributed by atoms with Crippen LogP contribution in [0.1, 0.15) is 65.9 Å². The lowest BCUT2D eigenvalue weighted by atomic mass is 9.78. The first-order valence-electron chi connectivity index (χ1n) is 15.9. The SMILES string of the molecule is [2H]c1c([2H])c([2H])c(-c2ccc(-c3cnn4c3nc(C3CCC([2H])(C([2H])C(=O)OCC)CC3)c3c(C)n[nH]c34)cn2)c([2H])c1[2H]. The molecule has 1 saturated carbocycles. The van der Waals surface area contributed by atoms with Crippen molar-refractivity contribution in [1.82, 2.24) is 29.8 Å². The summed E-state index contributed by atoms with van der Waals surface area (Å²) < 4.78 is 64.3. The highest BCUT2D eigenvalue weighted by Gasteiger charge is 2.29. The molecule has 1 fully saturated rings. The van der Waals surface area contributed by atoms with Crippen LogP contribution in [0.15, 0.2) is 54.7 Å². The lowest BCUT2D eigenvalue weighted by Gasteiger charge is -2.28. The number of H-pyrrole nitrogens is 1. The summed E-state index contributed by atoms with van der Waals surface area (Å²) in [6.45, 7) is 3.75. The number of pyridine rings is 1.